The maximum absolute atomic E-state index is 11.9. The number of hydrogen-bond acceptors (Lipinski definition) is 6. The van der Waals surface area contributed by atoms with Crippen LogP contribution >= 0.6 is 15.9 Å². The molecule has 2 heterocycles. The summed E-state index contributed by atoms with van der Waals surface area (Å²) in [4.78, 5) is 26.7. The van der Waals surface area contributed by atoms with E-state index in [1.54, 1.807) is 24.7 Å². The Hall–Kier alpha value is -2.54. The first kappa shape index (κ1) is 16.3. The molecule has 0 atom stereocenters. The van der Waals surface area contributed by atoms with Crippen LogP contribution in [0, 0.1) is 0 Å². The summed E-state index contributed by atoms with van der Waals surface area (Å²) in [5, 5.41) is 0.934. The van der Waals surface area contributed by atoms with Gasteiger partial charge in [-0.3, -0.25) is 9.97 Å². The average Bonchev–Trinajstić information content (AvgIpc) is 2.61. The van der Waals surface area contributed by atoms with Crippen molar-refractivity contribution >= 4 is 38.5 Å². The Bertz CT molecular complexity index is 886. The zero-order valence-corrected chi connectivity index (χ0v) is 14.8. The predicted octanol–water partition coefficient (Wildman–Crippen LogP) is 3.21. The highest BCUT2D eigenvalue weighted by Crippen LogP contribution is 2.29. The summed E-state index contributed by atoms with van der Waals surface area (Å²) in [6.07, 6.45) is 5.01. The van der Waals surface area contributed by atoms with E-state index in [2.05, 4.69) is 30.9 Å². The molecule has 0 saturated heterocycles. The fourth-order valence-corrected chi connectivity index (χ4v) is 2.81. The fraction of sp³-hybridized carbons (Fsp3) is 0.176. The van der Waals surface area contributed by atoms with E-state index >= 15 is 0 Å². The Morgan fingerprint density at radius 1 is 1.29 bits per heavy atom. The second-order valence-electron chi connectivity index (χ2n) is 5.23. The number of ether oxygens (including phenoxy) is 1. The largest absolute Gasteiger partial charge is 0.464 e. The lowest BCUT2D eigenvalue weighted by molar-refractivity contribution is 0.0594. The molecule has 122 valence electrons. The number of pyridine rings is 1. The zero-order valence-electron chi connectivity index (χ0n) is 13.2. The number of benzene rings is 1. The number of fused-ring (bicyclic) bond motifs is 1. The molecule has 0 saturated carbocycles. The van der Waals surface area contributed by atoms with Crippen LogP contribution in [0.4, 0.5) is 5.69 Å². The Labute approximate surface area is 147 Å². The quantitative estimate of drug-likeness (QED) is 0.641. The lowest BCUT2D eigenvalue weighted by Crippen LogP contribution is -2.19. The number of aromatic nitrogens is 3. The van der Waals surface area contributed by atoms with Crippen molar-refractivity contribution in [2.45, 2.75) is 6.54 Å². The first-order valence-electron chi connectivity index (χ1n) is 7.23. The second kappa shape index (κ2) is 6.92. The monoisotopic (exact) mass is 386 g/mol. The molecule has 0 spiro atoms. The van der Waals surface area contributed by atoms with E-state index in [0.717, 1.165) is 26.8 Å². The summed E-state index contributed by atoms with van der Waals surface area (Å²) < 4.78 is 5.75. The molecule has 2 aromatic heterocycles. The van der Waals surface area contributed by atoms with Crippen molar-refractivity contribution in [3.63, 3.8) is 0 Å². The number of carbonyl (C=O) groups is 1. The Balaban J connectivity index is 2.09. The van der Waals surface area contributed by atoms with Gasteiger partial charge < -0.3 is 9.64 Å². The van der Waals surface area contributed by atoms with Gasteiger partial charge in [0.2, 0.25) is 0 Å². The van der Waals surface area contributed by atoms with Gasteiger partial charge in [-0.1, -0.05) is 15.9 Å². The number of anilines is 1. The normalized spacial score (nSPS) is 10.6. The molecule has 6 nitrogen and oxygen atoms in total. The van der Waals surface area contributed by atoms with Crippen molar-refractivity contribution in [3.05, 3.63) is 58.7 Å². The van der Waals surface area contributed by atoms with Gasteiger partial charge in [0, 0.05) is 35.0 Å². The molecule has 0 amide bonds. The second-order valence-corrected chi connectivity index (χ2v) is 6.15. The fourth-order valence-electron chi connectivity index (χ4n) is 2.44. The number of methoxy groups -OCH3 is 1. The van der Waals surface area contributed by atoms with Crippen LogP contribution in [0.5, 0.6) is 0 Å². The molecule has 7 heteroatoms. The number of rotatable bonds is 4. The van der Waals surface area contributed by atoms with E-state index in [0.29, 0.717) is 6.54 Å². The first-order valence-corrected chi connectivity index (χ1v) is 8.02. The van der Waals surface area contributed by atoms with Crippen molar-refractivity contribution in [1.29, 1.82) is 0 Å². The van der Waals surface area contributed by atoms with E-state index in [1.807, 2.05) is 30.1 Å². The van der Waals surface area contributed by atoms with Crippen molar-refractivity contribution in [2.24, 2.45) is 0 Å². The van der Waals surface area contributed by atoms with E-state index < -0.39 is 5.97 Å². The highest BCUT2D eigenvalue weighted by Gasteiger charge is 2.15. The van der Waals surface area contributed by atoms with Crippen LogP contribution in [-0.2, 0) is 11.3 Å². The van der Waals surface area contributed by atoms with Crippen LogP contribution in [-0.4, -0.2) is 35.1 Å². The number of nitrogens with zero attached hydrogens (tertiary/aromatic N) is 4. The van der Waals surface area contributed by atoms with Crippen LogP contribution < -0.4 is 4.90 Å². The average molecular weight is 387 g/mol. The van der Waals surface area contributed by atoms with Gasteiger partial charge in [-0.05, 0) is 24.3 Å². The summed E-state index contributed by atoms with van der Waals surface area (Å²) in [5.74, 6) is -0.464. The molecule has 24 heavy (non-hydrogen) atoms. The standard InChI is InChI=1S/C17H15BrN4O2/c1-22(10-12-9-19-5-6-20-12)16-8-15(17(23)24-2)21-14-4-3-11(18)7-13(14)16/h3-9H,10H2,1-2H3. The number of esters is 1. The Kier molecular flexibility index (Phi) is 4.71. The smallest absolute Gasteiger partial charge is 0.356 e. The molecule has 0 bridgehead atoms. The van der Waals surface area contributed by atoms with Gasteiger partial charge in [0.15, 0.2) is 5.69 Å². The summed E-state index contributed by atoms with van der Waals surface area (Å²) >= 11 is 3.48. The van der Waals surface area contributed by atoms with Gasteiger partial charge in [0.1, 0.15) is 0 Å². The van der Waals surface area contributed by atoms with Crippen molar-refractivity contribution in [3.8, 4) is 0 Å². The molecule has 0 aliphatic carbocycles. The summed E-state index contributed by atoms with van der Waals surface area (Å²) in [7, 11) is 3.28. The van der Waals surface area contributed by atoms with Crippen LogP contribution in [0.2, 0.25) is 0 Å². The topological polar surface area (TPSA) is 68.2 Å². The molecule has 3 rings (SSSR count). The van der Waals surface area contributed by atoms with Gasteiger partial charge in [0.05, 0.1) is 31.1 Å². The molecule has 0 aliphatic heterocycles. The van der Waals surface area contributed by atoms with E-state index in [-0.39, 0.29) is 5.69 Å². The maximum Gasteiger partial charge on any atom is 0.356 e. The van der Waals surface area contributed by atoms with Crippen LogP contribution in [0.1, 0.15) is 16.2 Å². The molecular formula is C17H15BrN4O2. The van der Waals surface area contributed by atoms with Crippen LogP contribution in [0.3, 0.4) is 0 Å². The molecule has 0 radical (unpaired) electrons. The molecule has 0 N–H and O–H groups in total. The molecule has 3 aromatic rings. The van der Waals surface area contributed by atoms with E-state index in [4.69, 9.17) is 4.74 Å². The van der Waals surface area contributed by atoms with Gasteiger partial charge in [-0.25, -0.2) is 9.78 Å². The van der Waals surface area contributed by atoms with Gasteiger partial charge >= 0.3 is 5.97 Å². The first-order chi connectivity index (χ1) is 11.6. The third-order valence-electron chi connectivity index (χ3n) is 3.57. The highest BCUT2D eigenvalue weighted by molar-refractivity contribution is 9.10. The molecule has 0 fully saturated rings. The number of carbonyl (C=O) groups excluding carboxylic acids is 1. The minimum atomic E-state index is -0.464. The molecule has 1 aromatic carbocycles. The SMILES string of the molecule is COC(=O)c1cc(N(C)Cc2cnccn2)c2cc(Br)ccc2n1. The molecule has 0 unspecified atom stereocenters. The minimum absolute atomic E-state index is 0.272. The minimum Gasteiger partial charge on any atom is -0.464 e. The zero-order chi connectivity index (χ0) is 17.1. The Morgan fingerprint density at radius 2 is 2.12 bits per heavy atom. The summed E-state index contributed by atoms with van der Waals surface area (Å²) in [5.41, 5.74) is 2.70. The highest BCUT2D eigenvalue weighted by atomic mass is 79.9. The van der Waals surface area contributed by atoms with Crippen molar-refractivity contribution in [1.82, 2.24) is 15.0 Å². The molecule has 0 aliphatic rings. The Morgan fingerprint density at radius 3 is 2.83 bits per heavy atom. The van der Waals surface area contributed by atoms with Crippen LogP contribution in [0.15, 0.2) is 47.3 Å². The maximum atomic E-state index is 11.9. The third kappa shape index (κ3) is 3.35. The van der Waals surface area contributed by atoms with Gasteiger partial charge in [0.25, 0.3) is 0 Å². The third-order valence-corrected chi connectivity index (χ3v) is 4.06. The van der Waals surface area contributed by atoms with Gasteiger partial charge in [-0.2, -0.15) is 0 Å². The van der Waals surface area contributed by atoms with Crippen molar-refractivity contribution in [2.75, 3.05) is 19.1 Å². The lowest BCUT2D eigenvalue weighted by atomic mass is 10.1. The van der Waals surface area contributed by atoms with Gasteiger partial charge in [-0.15, -0.1) is 0 Å². The lowest BCUT2D eigenvalue weighted by Gasteiger charge is -2.21. The van der Waals surface area contributed by atoms with Crippen molar-refractivity contribution < 1.29 is 9.53 Å². The summed E-state index contributed by atoms with van der Waals surface area (Å²) in [6, 6.07) is 7.47. The number of hydrogen-bond donors (Lipinski definition) is 0. The summed E-state index contributed by atoms with van der Waals surface area (Å²) in [6.45, 7) is 0.556. The van der Waals surface area contributed by atoms with E-state index in [9.17, 15) is 4.79 Å². The molecular weight excluding hydrogens is 372 g/mol. The number of halogens is 1. The predicted molar refractivity (Wildman–Crippen MR) is 94.9 cm³/mol. The van der Waals surface area contributed by atoms with E-state index in [1.165, 1.54) is 7.11 Å². The van der Waals surface area contributed by atoms with Crippen LogP contribution in [0.25, 0.3) is 10.9 Å².